The molecule has 0 heterocycles. The minimum Gasteiger partial charge on any atom is -0.456 e. The van der Waals surface area contributed by atoms with Crippen LogP contribution in [0.4, 0.5) is 13.6 Å². The van der Waals surface area contributed by atoms with Crippen LogP contribution in [0.2, 0.25) is 0 Å². The number of likely N-dealkylation sites (N-methyl/N-ethyl adjacent to an activating group) is 1. The van der Waals surface area contributed by atoms with Gasteiger partial charge in [0.1, 0.15) is 5.60 Å². The largest absolute Gasteiger partial charge is 0.456 e. The lowest BCUT2D eigenvalue weighted by molar-refractivity contribution is -0.150. The predicted octanol–water partition coefficient (Wildman–Crippen LogP) is 3.12. The number of halogens is 2. The van der Waals surface area contributed by atoms with Gasteiger partial charge >= 0.3 is 12.1 Å². The second-order valence-corrected chi connectivity index (χ2v) is 8.07. The van der Waals surface area contributed by atoms with Crippen molar-refractivity contribution in [2.75, 3.05) is 26.2 Å². The first kappa shape index (κ1) is 24.1. The van der Waals surface area contributed by atoms with E-state index >= 15 is 0 Å². The average molecular weight is 406 g/mol. The van der Waals surface area contributed by atoms with Crippen LogP contribution >= 0.6 is 0 Å². The molecule has 0 unspecified atom stereocenters. The molecule has 0 aromatic heterocycles. The van der Waals surface area contributed by atoms with Crippen molar-refractivity contribution < 1.29 is 32.6 Å². The van der Waals surface area contributed by atoms with Crippen molar-refractivity contribution in [3.63, 3.8) is 0 Å². The van der Waals surface area contributed by atoms with Crippen LogP contribution < -0.4 is 5.32 Å². The van der Waals surface area contributed by atoms with Crippen LogP contribution in [0, 0.1) is 5.92 Å². The maximum absolute atomic E-state index is 13.1. The van der Waals surface area contributed by atoms with Gasteiger partial charge in [0.15, 0.2) is 6.61 Å². The highest BCUT2D eigenvalue weighted by Gasteiger charge is 2.35. The summed E-state index contributed by atoms with van der Waals surface area (Å²) in [5.41, 5.74) is -0.601. The normalized spacial score (nSPS) is 16.9. The summed E-state index contributed by atoms with van der Waals surface area (Å²) in [5, 5.41) is 2.57. The first-order valence-electron chi connectivity index (χ1n) is 9.70. The van der Waals surface area contributed by atoms with Gasteiger partial charge in [-0.2, -0.15) is 0 Å². The quantitative estimate of drug-likeness (QED) is 0.626. The summed E-state index contributed by atoms with van der Waals surface area (Å²) >= 11 is 0. The summed E-state index contributed by atoms with van der Waals surface area (Å²) in [5.74, 6) is -3.80. The molecule has 0 saturated heterocycles. The molecule has 0 bridgehead atoms. The smallest absolute Gasteiger partial charge is 0.410 e. The number of rotatable bonds is 8. The lowest BCUT2D eigenvalue weighted by Gasteiger charge is -2.27. The maximum Gasteiger partial charge on any atom is 0.410 e. The minimum atomic E-state index is -2.63. The molecule has 0 spiro atoms. The Balaban J connectivity index is 2.22. The van der Waals surface area contributed by atoms with Crippen LogP contribution in [0.3, 0.4) is 0 Å². The summed E-state index contributed by atoms with van der Waals surface area (Å²) in [6.07, 6.45) is -0.272. The molecule has 1 aliphatic carbocycles. The number of alkyl halides is 2. The van der Waals surface area contributed by atoms with Gasteiger partial charge in [0.25, 0.3) is 5.91 Å². The number of hydrogen-bond acceptors (Lipinski definition) is 5. The maximum atomic E-state index is 13.1. The number of nitrogens with zero attached hydrogens (tertiary/aromatic N) is 1. The van der Waals surface area contributed by atoms with E-state index in [2.05, 4.69) is 5.32 Å². The molecule has 1 fully saturated rings. The zero-order valence-electron chi connectivity index (χ0n) is 17.2. The molecule has 162 valence electrons. The van der Waals surface area contributed by atoms with Crippen LogP contribution in [0.15, 0.2) is 0 Å². The van der Waals surface area contributed by atoms with Crippen molar-refractivity contribution in [3.8, 4) is 0 Å². The molecular formula is C19H32F2N2O5. The van der Waals surface area contributed by atoms with Crippen molar-refractivity contribution in [3.05, 3.63) is 0 Å². The average Bonchev–Trinajstić information content (AvgIpc) is 2.57. The highest BCUT2D eigenvalue weighted by Crippen LogP contribution is 2.37. The molecule has 1 saturated carbocycles. The topological polar surface area (TPSA) is 84.9 Å². The van der Waals surface area contributed by atoms with Gasteiger partial charge in [-0.3, -0.25) is 9.59 Å². The van der Waals surface area contributed by atoms with Crippen LogP contribution in [0.25, 0.3) is 0 Å². The van der Waals surface area contributed by atoms with E-state index in [1.807, 2.05) is 0 Å². The predicted molar refractivity (Wildman–Crippen MR) is 99.0 cm³/mol. The van der Waals surface area contributed by atoms with Gasteiger partial charge in [0.2, 0.25) is 5.92 Å². The van der Waals surface area contributed by atoms with E-state index in [1.165, 1.54) is 4.90 Å². The fourth-order valence-corrected chi connectivity index (χ4v) is 2.83. The number of nitrogens with one attached hydrogen (secondary N) is 1. The summed E-state index contributed by atoms with van der Waals surface area (Å²) in [6, 6.07) is 0. The Morgan fingerprint density at radius 3 is 2.32 bits per heavy atom. The van der Waals surface area contributed by atoms with Crippen molar-refractivity contribution in [1.29, 1.82) is 0 Å². The van der Waals surface area contributed by atoms with Gasteiger partial charge in [0.05, 0.1) is 0 Å². The Bertz CT molecular complexity index is 539. The Morgan fingerprint density at radius 2 is 1.79 bits per heavy atom. The Kier molecular flexibility index (Phi) is 9.10. The molecule has 1 aliphatic rings. The van der Waals surface area contributed by atoms with Gasteiger partial charge in [0, 0.05) is 38.9 Å². The van der Waals surface area contributed by atoms with E-state index in [1.54, 1.807) is 27.7 Å². The molecule has 0 atom stereocenters. The Hall–Kier alpha value is -1.93. The number of hydrogen-bond donors (Lipinski definition) is 1. The molecule has 0 aliphatic heterocycles. The van der Waals surface area contributed by atoms with Crippen molar-refractivity contribution in [2.24, 2.45) is 5.92 Å². The molecule has 2 amide bonds. The van der Waals surface area contributed by atoms with Crippen LogP contribution in [-0.2, 0) is 19.1 Å². The molecule has 9 heteroatoms. The summed E-state index contributed by atoms with van der Waals surface area (Å²) in [7, 11) is 0. The Morgan fingerprint density at radius 1 is 1.18 bits per heavy atom. The molecule has 1 N–H and O–H groups in total. The molecule has 0 radical (unpaired) electrons. The van der Waals surface area contributed by atoms with Gasteiger partial charge in [-0.15, -0.1) is 0 Å². The fraction of sp³-hybridized carbons (Fsp3) is 0.842. The van der Waals surface area contributed by atoms with E-state index in [0.717, 1.165) is 0 Å². The number of esters is 1. The summed E-state index contributed by atoms with van der Waals surface area (Å²) < 4.78 is 36.4. The highest BCUT2D eigenvalue weighted by atomic mass is 19.3. The molecule has 7 nitrogen and oxygen atoms in total. The zero-order valence-corrected chi connectivity index (χ0v) is 17.2. The molecule has 0 aromatic carbocycles. The van der Waals surface area contributed by atoms with Crippen LogP contribution in [-0.4, -0.2) is 60.6 Å². The second kappa shape index (κ2) is 10.6. The fourth-order valence-electron chi connectivity index (χ4n) is 2.83. The van der Waals surface area contributed by atoms with Crippen molar-refractivity contribution >= 4 is 18.0 Å². The Labute approximate surface area is 165 Å². The van der Waals surface area contributed by atoms with E-state index in [9.17, 15) is 23.2 Å². The second-order valence-electron chi connectivity index (χ2n) is 8.07. The SMILES string of the molecule is CCN(CCNC(=O)COC(=O)CC1CCC(F)(F)CC1)C(=O)OC(C)(C)C. The first-order valence-corrected chi connectivity index (χ1v) is 9.70. The molecule has 1 rings (SSSR count). The van der Waals surface area contributed by atoms with E-state index in [-0.39, 0.29) is 51.1 Å². The van der Waals surface area contributed by atoms with E-state index in [0.29, 0.717) is 6.54 Å². The first-order chi connectivity index (χ1) is 12.9. The highest BCUT2D eigenvalue weighted by molar-refractivity contribution is 5.80. The van der Waals surface area contributed by atoms with Crippen LogP contribution in [0.5, 0.6) is 0 Å². The number of carbonyl (C=O) groups is 3. The molecule has 28 heavy (non-hydrogen) atoms. The number of ether oxygens (including phenoxy) is 2. The van der Waals surface area contributed by atoms with Crippen molar-refractivity contribution in [1.82, 2.24) is 10.2 Å². The molecule has 0 aromatic rings. The monoisotopic (exact) mass is 406 g/mol. The zero-order chi connectivity index (χ0) is 21.4. The summed E-state index contributed by atoms with van der Waals surface area (Å²) in [4.78, 5) is 37.0. The lowest BCUT2D eigenvalue weighted by atomic mass is 9.85. The third kappa shape index (κ3) is 9.85. The third-order valence-electron chi connectivity index (χ3n) is 4.39. The van der Waals surface area contributed by atoms with Gasteiger partial charge in [-0.25, -0.2) is 13.6 Å². The third-order valence-corrected chi connectivity index (χ3v) is 4.39. The van der Waals surface area contributed by atoms with E-state index in [4.69, 9.17) is 9.47 Å². The molecular weight excluding hydrogens is 374 g/mol. The standard InChI is InChI=1S/C19H32F2N2O5/c1-5-23(17(26)28-18(2,3)4)11-10-22-15(24)13-27-16(25)12-14-6-8-19(20,21)9-7-14/h14H,5-13H2,1-4H3,(H,22,24). The summed E-state index contributed by atoms with van der Waals surface area (Å²) in [6.45, 7) is 7.58. The van der Waals surface area contributed by atoms with Gasteiger partial charge < -0.3 is 19.7 Å². The van der Waals surface area contributed by atoms with E-state index < -0.39 is 36.1 Å². The lowest BCUT2D eigenvalue weighted by Crippen LogP contribution is -2.42. The van der Waals surface area contributed by atoms with Gasteiger partial charge in [-0.05, 0) is 46.5 Å². The van der Waals surface area contributed by atoms with Gasteiger partial charge in [-0.1, -0.05) is 0 Å². The number of carbonyl (C=O) groups excluding carboxylic acids is 3. The van der Waals surface area contributed by atoms with Crippen LogP contribution in [0.1, 0.15) is 59.8 Å². The minimum absolute atomic E-state index is 0.0472. The van der Waals surface area contributed by atoms with Crippen molar-refractivity contribution in [2.45, 2.75) is 71.3 Å². The number of amides is 2.